The Morgan fingerprint density at radius 3 is 2.23 bits per heavy atom. The highest BCUT2D eigenvalue weighted by Crippen LogP contribution is 2.35. The van der Waals surface area contributed by atoms with Gasteiger partial charge in [0.15, 0.2) is 11.5 Å². The average molecular weight is 446 g/mol. The lowest BCUT2D eigenvalue weighted by Crippen LogP contribution is -2.16. The summed E-state index contributed by atoms with van der Waals surface area (Å²) < 4.78 is 1.69. The van der Waals surface area contributed by atoms with Crippen LogP contribution >= 0.6 is 23.2 Å². The molecule has 5 aromatic rings. The highest BCUT2D eigenvalue weighted by Gasteiger charge is 2.21. The van der Waals surface area contributed by atoms with Crippen molar-refractivity contribution in [2.24, 2.45) is 5.73 Å². The molecule has 1 atom stereocenters. The first kappa shape index (κ1) is 19.7. The average Bonchev–Trinajstić information content (AvgIpc) is 3.22. The van der Waals surface area contributed by atoms with Crippen molar-refractivity contribution in [3.63, 3.8) is 0 Å². The quantitative estimate of drug-likeness (QED) is 0.378. The van der Waals surface area contributed by atoms with Crippen molar-refractivity contribution in [2.45, 2.75) is 6.04 Å². The summed E-state index contributed by atoms with van der Waals surface area (Å²) in [5.41, 5.74) is 11.4. The van der Waals surface area contributed by atoms with Crippen molar-refractivity contribution < 1.29 is 0 Å². The van der Waals surface area contributed by atoms with Crippen LogP contribution in [0, 0.1) is 0 Å². The van der Waals surface area contributed by atoms with Crippen LogP contribution < -0.4 is 5.73 Å². The lowest BCUT2D eigenvalue weighted by Gasteiger charge is -2.14. The minimum Gasteiger partial charge on any atom is -0.318 e. The highest BCUT2D eigenvalue weighted by molar-refractivity contribution is 6.33. The summed E-state index contributed by atoms with van der Waals surface area (Å²) in [7, 11) is 0. The van der Waals surface area contributed by atoms with E-state index in [2.05, 4.69) is 10.2 Å². The second-order valence-electron chi connectivity index (χ2n) is 7.11. The molecule has 3 aromatic carbocycles. The Hall–Kier alpha value is -3.25. The predicted octanol–water partition coefficient (Wildman–Crippen LogP) is 5.81. The lowest BCUT2D eigenvalue weighted by molar-refractivity contribution is 0.729. The van der Waals surface area contributed by atoms with E-state index in [1.165, 1.54) is 0 Å². The van der Waals surface area contributed by atoms with Gasteiger partial charge in [-0.3, -0.25) is 0 Å². The van der Waals surface area contributed by atoms with Crippen molar-refractivity contribution in [2.75, 3.05) is 0 Å². The third-order valence-electron chi connectivity index (χ3n) is 5.14. The molecule has 7 heteroatoms. The summed E-state index contributed by atoms with van der Waals surface area (Å²) in [4.78, 5) is 0. The molecule has 2 N–H and O–H groups in total. The fraction of sp³-hybridized carbons (Fsp3) is 0.0417. The second kappa shape index (κ2) is 8.12. The van der Waals surface area contributed by atoms with Gasteiger partial charge < -0.3 is 5.73 Å². The van der Waals surface area contributed by atoms with Crippen molar-refractivity contribution in [3.8, 4) is 22.4 Å². The van der Waals surface area contributed by atoms with E-state index in [9.17, 15) is 0 Å². The van der Waals surface area contributed by atoms with Gasteiger partial charge in [0.2, 0.25) is 0 Å². The maximum absolute atomic E-state index is 6.54. The molecule has 5 nitrogen and oxygen atoms in total. The molecule has 0 aliphatic rings. The monoisotopic (exact) mass is 445 g/mol. The number of nitrogens with zero attached hydrogens (tertiary/aromatic N) is 4. The van der Waals surface area contributed by atoms with E-state index in [1.807, 2.05) is 84.9 Å². The molecule has 31 heavy (non-hydrogen) atoms. The molecule has 0 amide bonds. The number of rotatable bonds is 4. The Bertz CT molecular complexity index is 1360. The Morgan fingerprint density at radius 1 is 0.774 bits per heavy atom. The molecule has 0 radical (unpaired) electrons. The van der Waals surface area contributed by atoms with Crippen LogP contribution in [0.5, 0.6) is 0 Å². The van der Waals surface area contributed by atoms with Crippen LogP contribution in [0.25, 0.3) is 28.0 Å². The molecule has 0 aliphatic carbocycles. The Labute approximate surface area is 189 Å². The molecule has 152 valence electrons. The number of benzene rings is 3. The third kappa shape index (κ3) is 3.68. The van der Waals surface area contributed by atoms with Crippen LogP contribution in [-0.4, -0.2) is 19.8 Å². The molecule has 0 fully saturated rings. The summed E-state index contributed by atoms with van der Waals surface area (Å²) in [6, 6.07) is 26.4. The van der Waals surface area contributed by atoms with Crippen LogP contribution in [0.15, 0.2) is 84.9 Å². The maximum atomic E-state index is 6.54. The molecule has 0 saturated carbocycles. The first-order valence-corrected chi connectivity index (χ1v) is 10.4. The number of hydrogen-bond acceptors (Lipinski definition) is 4. The molecule has 2 heterocycles. The molecule has 0 bridgehead atoms. The third-order valence-corrected chi connectivity index (χ3v) is 5.72. The zero-order valence-corrected chi connectivity index (χ0v) is 17.8. The van der Waals surface area contributed by atoms with Gasteiger partial charge in [0.05, 0.1) is 11.1 Å². The standard InChI is InChI=1S/C24H17Cl2N5/c25-17-12-10-15(11-13-17)19-14-21-28-29-24(22(27)16-6-2-1-3-7-16)31(21)30-23(19)18-8-4-5-9-20(18)26/h1-14,22H,27H2. The lowest BCUT2D eigenvalue weighted by atomic mass is 10.00. The van der Waals surface area contributed by atoms with E-state index in [0.29, 0.717) is 27.2 Å². The molecule has 2 aromatic heterocycles. The van der Waals surface area contributed by atoms with E-state index < -0.39 is 6.04 Å². The number of halogens is 2. The van der Waals surface area contributed by atoms with Gasteiger partial charge in [-0.05, 0) is 35.4 Å². The van der Waals surface area contributed by atoms with Crippen LogP contribution in [-0.2, 0) is 0 Å². The zero-order chi connectivity index (χ0) is 21.4. The van der Waals surface area contributed by atoms with Gasteiger partial charge in [0.1, 0.15) is 5.69 Å². The number of nitrogens with two attached hydrogens (primary N) is 1. The Balaban J connectivity index is 1.75. The minimum atomic E-state index is -0.468. The first-order valence-electron chi connectivity index (χ1n) is 9.69. The summed E-state index contributed by atoms with van der Waals surface area (Å²) in [5.74, 6) is 0.553. The van der Waals surface area contributed by atoms with Gasteiger partial charge >= 0.3 is 0 Å². The number of aromatic nitrogens is 4. The Morgan fingerprint density at radius 2 is 1.48 bits per heavy atom. The molecule has 1 unspecified atom stereocenters. The molecule has 0 aliphatic heterocycles. The maximum Gasteiger partial charge on any atom is 0.178 e. The van der Waals surface area contributed by atoms with Crippen molar-refractivity contribution in [1.82, 2.24) is 19.8 Å². The van der Waals surface area contributed by atoms with E-state index in [4.69, 9.17) is 34.0 Å². The van der Waals surface area contributed by atoms with Gasteiger partial charge in [-0.25, -0.2) is 0 Å². The van der Waals surface area contributed by atoms with Crippen molar-refractivity contribution in [3.05, 3.63) is 106 Å². The van der Waals surface area contributed by atoms with Gasteiger partial charge in [-0.1, -0.05) is 83.9 Å². The number of fused-ring (bicyclic) bond motifs is 1. The molecule has 5 rings (SSSR count). The fourth-order valence-electron chi connectivity index (χ4n) is 3.55. The van der Waals surface area contributed by atoms with E-state index in [-0.39, 0.29) is 0 Å². The van der Waals surface area contributed by atoms with Crippen LogP contribution in [0.2, 0.25) is 10.0 Å². The van der Waals surface area contributed by atoms with Gasteiger partial charge in [-0.2, -0.15) is 9.61 Å². The molecular weight excluding hydrogens is 429 g/mol. The van der Waals surface area contributed by atoms with Crippen LogP contribution in [0.4, 0.5) is 0 Å². The highest BCUT2D eigenvalue weighted by atomic mass is 35.5. The van der Waals surface area contributed by atoms with Crippen LogP contribution in [0.3, 0.4) is 0 Å². The van der Waals surface area contributed by atoms with Gasteiger partial charge in [0.25, 0.3) is 0 Å². The zero-order valence-electron chi connectivity index (χ0n) is 16.3. The fourth-order valence-corrected chi connectivity index (χ4v) is 3.90. The molecular formula is C24H17Cl2N5. The largest absolute Gasteiger partial charge is 0.318 e. The molecule has 0 spiro atoms. The van der Waals surface area contributed by atoms with Crippen LogP contribution in [0.1, 0.15) is 17.4 Å². The van der Waals surface area contributed by atoms with Gasteiger partial charge in [0, 0.05) is 16.1 Å². The second-order valence-corrected chi connectivity index (χ2v) is 7.95. The Kier molecular flexibility index (Phi) is 5.16. The number of hydrogen-bond donors (Lipinski definition) is 1. The first-order chi connectivity index (χ1) is 15.1. The van der Waals surface area contributed by atoms with E-state index in [0.717, 1.165) is 22.3 Å². The molecule has 0 saturated heterocycles. The summed E-state index contributed by atoms with van der Waals surface area (Å²) in [6.45, 7) is 0. The van der Waals surface area contributed by atoms with Crippen molar-refractivity contribution >= 4 is 28.8 Å². The minimum absolute atomic E-state index is 0.468. The SMILES string of the molecule is NC(c1ccccc1)c1nnc2cc(-c3ccc(Cl)cc3)c(-c3ccccc3Cl)nn12. The van der Waals surface area contributed by atoms with E-state index >= 15 is 0 Å². The van der Waals surface area contributed by atoms with E-state index in [1.54, 1.807) is 4.52 Å². The summed E-state index contributed by atoms with van der Waals surface area (Å²) >= 11 is 12.6. The topological polar surface area (TPSA) is 69.1 Å². The summed E-state index contributed by atoms with van der Waals surface area (Å²) in [6.07, 6.45) is 0. The smallest absolute Gasteiger partial charge is 0.178 e. The van der Waals surface area contributed by atoms with Gasteiger partial charge in [-0.15, -0.1) is 10.2 Å². The van der Waals surface area contributed by atoms with Crippen molar-refractivity contribution in [1.29, 1.82) is 0 Å². The predicted molar refractivity (Wildman–Crippen MR) is 124 cm³/mol. The normalized spacial score (nSPS) is 12.2. The summed E-state index contributed by atoms with van der Waals surface area (Å²) in [5, 5.41) is 14.9.